The molecular weight excluding hydrogens is 732 g/mol. The highest BCUT2D eigenvalue weighted by Gasteiger charge is 2.45. The summed E-state index contributed by atoms with van der Waals surface area (Å²) in [5.41, 5.74) is 6.64. The zero-order valence-electron chi connectivity index (χ0n) is 30.8. The Labute approximate surface area is 331 Å². The Kier molecular flexibility index (Phi) is 6.44. The highest BCUT2D eigenvalue weighted by atomic mass is 31.2. The van der Waals surface area contributed by atoms with E-state index in [0.29, 0.717) is 11.4 Å². The fraction of sp³-hybridized carbons (Fsp3) is 0. The minimum atomic E-state index is -3.27. The molecule has 0 fully saturated rings. The Morgan fingerprint density at radius 3 is 1.48 bits per heavy atom. The summed E-state index contributed by atoms with van der Waals surface area (Å²) in [5.74, 6) is 0. The van der Waals surface area contributed by atoms with E-state index in [9.17, 15) is 4.89 Å². The third kappa shape index (κ3) is 4.48. The molecule has 0 spiro atoms. The molecule has 0 saturated carbocycles. The van der Waals surface area contributed by atoms with Crippen LogP contribution in [-0.4, -0.2) is 14.9 Å². The van der Waals surface area contributed by atoms with Gasteiger partial charge in [-0.3, -0.25) is 0 Å². The lowest BCUT2D eigenvalue weighted by molar-refractivity contribution is 0.633. The second kappa shape index (κ2) is 11.7. The van der Waals surface area contributed by atoms with Crippen LogP contribution in [0, 0.1) is 0 Å². The van der Waals surface area contributed by atoms with Gasteiger partial charge in [0.1, 0.15) is 27.1 Å². The number of hydrogen-bond acceptors (Lipinski definition) is 5. The van der Waals surface area contributed by atoms with Gasteiger partial charge in [0.05, 0.1) is 11.0 Å². The van der Waals surface area contributed by atoms with E-state index in [1.54, 1.807) is 0 Å². The van der Waals surface area contributed by atoms with Crippen molar-refractivity contribution < 1.29 is 13.7 Å². The minimum Gasteiger partial charge on any atom is -0.438 e. The molecule has 0 atom stereocenters. The second-order valence-corrected chi connectivity index (χ2v) is 18.1. The van der Waals surface area contributed by atoms with Crippen LogP contribution < -0.4 is 15.9 Å². The molecule has 0 saturated heterocycles. The molecule has 0 aliphatic rings. The number of furan rings is 2. The molecule has 270 valence electrons. The molecule has 0 unspecified atom stereocenters. The largest absolute Gasteiger partial charge is 0.438 e. The van der Waals surface area contributed by atoms with Crippen LogP contribution in [0.1, 0.15) is 0 Å². The van der Waals surface area contributed by atoms with Crippen molar-refractivity contribution in [2.24, 2.45) is 0 Å². The monoisotopic (exact) mass is 761 g/mol. The molecule has 13 aromatic rings. The van der Waals surface area contributed by atoms with Crippen molar-refractivity contribution in [3.8, 4) is 11.1 Å². The van der Waals surface area contributed by atoms with Gasteiger partial charge in [-0.2, -0.15) is 0 Å². The first-order valence-corrected chi connectivity index (χ1v) is 21.2. The van der Waals surface area contributed by atoms with Gasteiger partial charge in [0, 0.05) is 32.3 Å². The zero-order valence-corrected chi connectivity index (χ0v) is 31.7. The normalized spacial score (nSPS) is 12.6. The number of pyridine rings is 2. The molecule has 4 heterocycles. The fourth-order valence-electron chi connectivity index (χ4n) is 9.27. The van der Waals surface area contributed by atoms with Gasteiger partial charge in [0.2, 0.25) is 18.9 Å². The predicted octanol–water partition coefficient (Wildman–Crippen LogP) is 12.3. The van der Waals surface area contributed by atoms with Crippen LogP contribution in [0.15, 0.2) is 185 Å². The van der Waals surface area contributed by atoms with Crippen LogP contribution in [0.5, 0.6) is 0 Å². The average Bonchev–Trinajstić information content (AvgIpc) is 3.82. The summed E-state index contributed by atoms with van der Waals surface area (Å²) >= 11 is 0. The lowest BCUT2D eigenvalue weighted by atomic mass is 9.90. The van der Waals surface area contributed by atoms with Crippen molar-refractivity contribution >= 4 is 122 Å². The van der Waals surface area contributed by atoms with Gasteiger partial charge in [0.25, 0.3) is 0 Å². The van der Waals surface area contributed by atoms with Crippen LogP contribution in [0.4, 0.5) is 0 Å². The average molecular weight is 762 g/mol. The summed E-state index contributed by atoms with van der Waals surface area (Å²) in [7, 11) is -3.27. The molecule has 1 N–H and O–H groups in total. The summed E-state index contributed by atoms with van der Waals surface area (Å²) < 4.78 is 12.6. The van der Waals surface area contributed by atoms with Crippen LogP contribution in [0.3, 0.4) is 0 Å². The number of aromatic nitrogens is 2. The Morgan fingerprint density at radius 1 is 0.379 bits per heavy atom. The van der Waals surface area contributed by atoms with Crippen molar-refractivity contribution in [2.75, 3.05) is 0 Å². The SMILES string of the molecule is O[P+](c1ccc(-c2ccc3ccc4cccc5ccc2c3c45)cc1)(c1ccc2oc3nc4ccccc4cc3c2c1)c1ccc2oc3nc4ccccc4cc3c2c1. The number of rotatable bonds is 4. The summed E-state index contributed by atoms with van der Waals surface area (Å²) in [5, 5.41) is 15.8. The van der Waals surface area contributed by atoms with Crippen molar-refractivity contribution in [1.82, 2.24) is 9.97 Å². The van der Waals surface area contributed by atoms with E-state index in [1.165, 1.54) is 32.3 Å². The number of fused-ring (bicyclic) bond motifs is 8. The first-order chi connectivity index (χ1) is 28.6. The van der Waals surface area contributed by atoms with E-state index >= 15 is 0 Å². The lowest BCUT2D eigenvalue weighted by Crippen LogP contribution is -2.30. The molecule has 6 heteroatoms. The summed E-state index contributed by atoms with van der Waals surface area (Å²) in [4.78, 5) is 23.3. The first-order valence-electron chi connectivity index (χ1n) is 19.4. The summed E-state index contributed by atoms with van der Waals surface area (Å²) in [6, 6.07) is 61.0. The number of nitrogens with zero attached hydrogens (tertiary/aromatic N) is 2. The van der Waals surface area contributed by atoms with Crippen LogP contribution in [0.2, 0.25) is 0 Å². The fourth-order valence-corrected chi connectivity index (χ4v) is 12.0. The van der Waals surface area contributed by atoms with Crippen LogP contribution in [-0.2, 0) is 0 Å². The third-order valence-electron chi connectivity index (χ3n) is 12.1. The summed E-state index contributed by atoms with van der Waals surface area (Å²) in [6.07, 6.45) is 0. The van der Waals surface area contributed by atoms with Crippen molar-refractivity contribution in [3.63, 3.8) is 0 Å². The molecule has 0 amide bonds. The van der Waals surface area contributed by atoms with Crippen molar-refractivity contribution in [3.05, 3.63) is 176 Å². The van der Waals surface area contributed by atoms with Crippen molar-refractivity contribution in [2.45, 2.75) is 0 Å². The molecular formula is C52H30N2O3P+. The maximum Gasteiger partial charge on any atom is 0.238 e. The quantitative estimate of drug-likeness (QED) is 0.143. The third-order valence-corrected chi connectivity index (χ3v) is 15.2. The Hall–Kier alpha value is -7.17. The number of benzene rings is 9. The van der Waals surface area contributed by atoms with Gasteiger partial charge >= 0.3 is 0 Å². The molecule has 13 rings (SSSR count). The maximum atomic E-state index is 13.6. The number of para-hydroxylation sites is 2. The van der Waals surface area contributed by atoms with E-state index < -0.39 is 7.49 Å². The van der Waals surface area contributed by atoms with Gasteiger partial charge in [-0.25, -0.2) is 14.9 Å². The molecule has 4 aromatic heterocycles. The highest BCUT2D eigenvalue weighted by molar-refractivity contribution is 7.91. The zero-order chi connectivity index (χ0) is 38.1. The van der Waals surface area contributed by atoms with Crippen molar-refractivity contribution in [1.29, 1.82) is 0 Å². The second-order valence-electron chi connectivity index (χ2n) is 15.3. The van der Waals surface area contributed by atoms with Gasteiger partial charge in [0.15, 0.2) is 0 Å². The lowest BCUT2D eigenvalue weighted by Gasteiger charge is -2.21. The predicted molar refractivity (Wildman–Crippen MR) is 242 cm³/mol. The standard InChI is InChI=1S/C52H30N2O3P/c55-58(37-20-24-47-41(28-37)43-26-34-6-1-3-10-45(34)53-51(43)56-47,38-21-25-48-42(29-38)44-27-35-7-2-4-11-46(35)54-52(44)57-48)36-18-14-30(15-19-36)39-22-16-33-13-12-31-8-5-9-32-17-23-40(39)50(33)49(31)32/h1-29,55H/q+1. The molecule has 0 radical (unpaired) electrons. The first kappa shape index (κ1) is 32.0. The summed E-state index contributed by atoms with van der Waals surface area (Å²) in [6.45, 7) is 0. The van der Waals surface area contributed by atoms with Gasteiger partial charge in [-0.15, -0.1) is 0 Å². The molecule has 0 aliphatic heterocycles. The Morgan fingerprint density at radius 2 is 0.879 bits per heavy atom. The van der Waals surface area contributed by atoms with E-state index in [4.69, 9.17) is 18.8 Å². The smallest absolute Gasteiger partial charge is 0.238 e. The Balaban J connectivity index is 1.02. The van der Waals surface area contributed by atoms with Gasteiger partial charge < -0.3 is 8.83 Å². The molecule has 5 nitrogen and oxygen atoms in total. The molecule has 58 heavy (non-hydrogen) atoms. The van der Waals surface area contributed by atoms with E-state index in [0.717, 1.165) is 81.6 Å². The number of hydrogen-bond donors (Lipinski definition) is 1. The van der Waals surface area contributed by atoms with E-state index in [2.05, 4.69) is 115 Å². The maximum absolute atomic E-state index is 13.6. The van der Waals surface area contributed by atoms with Crippen LogP contribution in [0.25, 0.3) is 109 Å². The van der Waals surface area contributed by atoms with Gasteiger partial charge in [-0.1, -0.05) is 103 Å². The van der Waals surface area contributed by atoms with E-state index in [-0.39, 0.29) is 0 Å². The minimum absolute atomic E-state index is 0.580. The molecule has 9 aromatic carbocycles. The molecule has 0 bridgehead atoms. The van der Waals surface area contributed by atoms with Gasteiger partial charge in [-0.05, 0) is 116 Å². The topological polar surface area (TPSA) is 72.3 Å². The highest BCUT2D eigenvalue weighted by Crippen LogP contribution is 2.53. The van der Waals surface area contributed by atoms with Crippen LogP contribution >= 0.6 is 7.49 Å². The Bertz CT molecular complexity index is 3660. The van der Waals surface area contributed by atoms with E-state index in [1.807, 2.05) is 60.7 Å². The molecule has 0 aliphatic carbocycles.